The second kappa shape index (κ2) is 4.16. The van der Waals surface area contributed by atoms with E-state index in [1.165, 1.54) is 0 Å². The molecule has 0 bridgehead atoms. The van der Waals surface area contributed by atoms with E-state index in [9.17, 15) is 13.5 Å². The lowest BCUT2D eigenvalue weighted by atomic mass is 9.85. The fourth-order valence-electron chi connectivity index (χ4n) is 2.57. The van der Waals surface area contributed by atoms with Gasteiger partial charge >= 0.3 is 0 Å². The minimum Gasteiger partial charge on any atom is -0.380 e. The van der Waals surface area contributed by atoms with Crippen molar-refractivity contribution in [2.45, 2.75) is 23.8 Å². The Labute approximate surface area is 116 Å². The van der Waals surface area contributed by atoms with Crippen LogP contribution < -0.4 is 0 Å². The molecule has 1 aliphatic rings. The van der Waals surface area contributed by atoms with Crippen LogP contribution in [0.25, 0.3) is 0 Å². The third-order valence-electron chi connectivity index (χ3n) is 3.61. The molecular formula is C14H14O3S2. The van der Waals surface area contributed by atoms with Crippen molar-refractivity contribution in [1.82, 2.24) is 0 Å². The van der Waals surface area contributed by atoms with Crippen molar-refractivity contribution in [3.63, 3.8) is 0 Å². The number of benzene rings is 1. The van der Waals surface area contributed by atoms with Gasteiger partial charge in [0, 0.05) is 10.4 Å². The molecule has 0 spiro atoms. The van der Waals surface area contributed by atoms with Gasteiger partial charge in [-0.25, -0.2) is 8.42 Å². The van der Waals surface area contributed by atoms with E-state index in [-0.39, 0.29) is 17.1 Å². The zero-order chi connectivity index (χ0) is 13.7. The molecule has 0 saturated carbocycles. The fourth-order valence-corrected chi connectivity index (χ4v) is 4.98. The highest BCUT2D eigenvalue weighted by Crippen LogP contribution is 2.42. The highest BCUT2D eigenvalue weighted by atomic mass is 32.2. The van der Waals surface area contributed by atoms with Crippen LogP contribution in [0.2, 0.25) is 0 Å². The molecule has 2 aromatic rings. The summed E-state index contributed by atoms with van der Waals surface area (Å²) in [5.74, 6) is -0.0184. The maximum atomic E-state index is 12.1. The summed E-state index contributed by atoms with van der Waals surface area (Å²) in [5, 5.41) is 12.9. The van der Waals surface area contributed by atoms with Gasteiger partial charge in [0.25, 0.3) is 0 Å². The molecule has 1 aromatic heterocycles. The molecule has 1 unspecified atom stereocenters. The summed E-state index contributed by atoms with van der Waals surface area (Å²) >= 11 is 1.56. The Kier molecular flexibility index (Phi) is 2.81. The molecule has 0 fully saturated rings. The van der Waals surface area contributed by atoms with Gasteiger partial charge in [-0.2, -0.15) is 0 Å². The monoisotopic (exact) mass is 294 g/mol. The number of sulfone groups is 1. The fraction of sp³-hybridized carbons (Fsp3) is 0.286. The number of thiophene rings is 1. The zero-order valence-electron chi connectivity index (χ0n) is 10.5. The van der Waals surface area contributed by atoms with E-state index < -0.39 is 15.4 Å². The van der Waals surface area contributed by atoms with Crippen LogP contribution in [0.4, 0.5) is 0 Å². The first-order valence-corrected chi connectivity index (χ1v) is 8.57. The third-order valence-corrected chi connectivity index (χ3v) is 6.24. The molecule has 3 rings (SSSR count). The largest absolute Gasteiger partial charge is 0.380 e. The van der Waals surface area contributed by atoms with E-state index in [0.29, 0.717) is 5.56 Å². The molecule has 1 aliphatic heterocycles. The van der Waals surface area contributed by atoms with Crippen molar-refractivity contribution in [3.05, 3.63) is 51.7 Å². The standard InChI is InChI=1S/C14H14O3S2/c1-10-8-11(9-18-10)14(15)6-7-19(16,17)13-5-3-2-4-12(13)14/h2-5,8-9,15H,6-7H2,1H3. The molecule has 1 aromatic carbocycles. The second-order valence-corrected chi connectivity index (χ2v) is 8.06. The minimum absolute atomic E-state index is 0.0184. The summed E-state index contributed by atoms with van der Waals surface area (Å²) in [4.78, 5) is 1.36. The van der Waals surface area contributed by atoms with Crippen LogP contribution in [0.3, 0.4) is 0 Å². The average molecular weight is 294 g/mol. The van der Waals surface area contributed by atoms with E-state index in [1.54, 1.807) is 35.6 Å². The Morgan fingerprint density at radius 2 is 2.05 bits per heavy atom. The maximum Gasteiger partial charge on any atom is 0.178 e. The summed E-state index contributed by atoms with van der Waals surface area (Å²) in [6.07, 6.45) is 0.211. The van der Waals surface area contributed by atoms with Crippen molar-refractivity contribution in [2.75, 3.05) is 5.75 Å². The van der Waals surface area contributed by atoms with Crippen LogP contribution >= 0.6 is 11.3 Å². The van der Waals surface area contributed by atoms with Crippen molar-refractivity contribution < 1.29 is 13.5 Å². The normalized spacial score (nSPS) is 24.9. The van der Waals surface area contributed by atoms with Crippen LogP contribution in [0.1, 0.15) is 22.4 Å². The molecule has 0 saturated heterocycles. The zero-order valence-corrected chi connectivity index (χ0v) is 12.1. The number of aliphatic hydroxyl groups is 1. The van der Waals surface area contributed by atoms with Gasteiger partial charge in [0.05, 0.1) is 10.6 Å². The number of hydrogen-bond acceptors (Lipinski definition) is 4. The molecule has 19 heavy (non-hydrogen) atoms. The van der Waals surface area contributed by atoms with Crippen molar-refractivity contribution in [2.24, 2.45) is 0 Å². The highest BCUT2D eigenvalue weighted by Gasteiger charge is 2.42. The van der Waals surface area contributed by atoms with Crippen LogP contribution in [0, 0.1) is 6.92 Å². The first-order valence-electron chi connectivity index (χ1n) is 6.04. The quantitative estimate of drug-likeness (QED) is 0.879. The smallest absolute Gasteiger partial charge is 0.178 e. The number of rotatable bonds is 1. The summed E-state index contributed by atoms with van der Waals surface area (Å²) in [6.45, 7) is 1.98. The summed E-state index contributed by atoms with van der Waals surface area (Å²) < 4.78 is 24.2. The van der Waals surface area contributed by atoms with Crippen LogP contribution in [0.15, 0.2) is 40.6 Å². The van der Waals surface area contributed by atoms with Gasteiger partial charge in [0.2, 0.25) is 0 Å². The summed E-state index contributed by atoms with van der Waals surface area (Å²) in [5.41, 5.74) is 0.101. The molecule has 100 valence electrons. The van der Waals surface area contributed by atoms with Crippen molar-refractivity contribution in [3.8, 4) is 0 Å². The van der Waals surface area contributed by atoms with Crippen molar-refractivity contribution in [1.29, 1.82) is 0 Å². The lowest BCUT2D eigenvalue weighted by Gasteiger charge is -2.33. The second-order valence-electron chi connectivity index (χ2n) is 4.87. The predicted octanol–water partition coefficient (Wildman–Crippen LogP) is 2.47. The number of hydrogen-bond donors (Lipinski definition) is 1. The van der Waals surface area contributed by atoms with Crippen LogP contribution in [-0.2, 0) is 15.4 Å². The Morgan fingerprint density at radius 1 is 1.32 bits per heavy atom. The Bertz CT molecular complexity index is 731. The predicted molar refractivity (Wildman–Crippen MR) is 75.2 cm³/mol. The maximum absolute atomic E-state index is 12.1. The summed E-state index contributed by atoms with van der Waals surface area (Å²) in [7, 11) is -3.27. The first-order chi connectivity index (χ1) is 8.93. The van der Waals surface area contributed by atoms with Crippen LogP contribution in [-0.4, -0.2) is 19.3 Å². The van der Waals surface area contributed by atoms with Gasteiger partial charge in [0.1, 0.15) is 5.60 Å². The average Bonchev–Trinajstić information content (AvgIpc) is 2.82. The van der Waals surface area contributed by atoms with Gasteiger partial charge in [-0.1, -0.05) is 18.2 Å². The Balaban J connectivity index is 2.26. The topological polar surface area (TPSA) is 54.4 Å². The molecule has 0 radical (unpaired) electrons. The lowest BCUT2D eigenvalue weighted by Crippen LogP contribution is -2.36. The highest BCUT2D eigenvalue weighted by molar-refractivity contribution is 7.91. The third kappa shape index (κ3) is 1.93. The number of fused-ring (bicyclic) bond motifs is 1. The SMILES string of the molecule is Cc1cc(C2(O)CCS(=O)(=O)c3ccccc32)cs1. The van der Waals surface area contributed by atoms with Crippen molar-refractivity contribution >= 4 is 21.2 Å². The molecule has 0 amide bonds. The van der Waals surface area contributed by atoms with Gasteiger partial charge < -0.3 is 5.11 Å². The molecule has 3 nitrogen and oxygen atoms in total. The lowest BCUT2D eigenvalue weighted by molar-refractivity contribution is 0.0722. The molecule has 5 heteroatoms. The molecule has 2 heterocycles. The minimum atomic E-state index is -3.27. The van der Waals surface area contributed by atoms with E-state index in [1.807, 2.05) is 18.4 Å². The van der Waals surface area contributed by atoms with E-state index >= 15 is 0 Å². The van der Waals surface area contributed by atoms with Gasteiger partial charge in [0.15, 0.2) is 9.84 Å². The molecular weight excluding hydrogens is 280 g/mol. The first kappa shape index (κ1) is 12.8. The van der Waals surface area contributed by atoms with Gasteiger partial charge in [-0.05, 0) is 36.4 Å². The molecule has 1 N–H and O–H groups in total. The Morgan fingerprint density at radius 3 is 2.74 bits per heavy atom. The van der Waals surface area contributed by atoms with Gasteiger partial charge in [-0.15, -0.1) is 11.3 Å². The number of aryl methyl sites for hydroxylation is 1. The van der Waals surface area contributed by atoms with Crippen LogP contribution in [0.5, 0.6) is 0 Å². The Hall–Kier alpha value is -1.17. The van der Waals surface area contributed by atoms with E-state index in [0.717, 1.165) is 10.4 Å². The molecule has 0 aliphatic carbocycles. The van der Waals surface area contributed by atoms with E-state index in [4.69, 9.17) is 0 Å². The summed E-state index contributed by atoms with van der Waals surface area (Å²) in [6, 6.07) is 8.68. The van der Waals surface area contributed by atoms with E-state index in [2.05, 4.69) is 0 Å². The molecule has 1 atom stereocenters. The van der Waals surface area contributed by atoms with Gasteiger partial charge in [-0.3, -0.25) is 0 Å².